The smallest absolute Gasteiger partial charge is 0.269 e. The molecule has 8 nitrogen and oxygen atoms in total. The van der Waals surface area contributed by atoms with Crippen LogP contribution in [0.25, 0.3) is 0 Å². The Hall–Kier alpha value is -4.04. The Labute approximate surface area is 183 Å². The summed E-state index contributed by atoms with van der Waals surface area (Å²) >= 11 is 0. The van der Waals surface area contributed by atoms with Crippen molar-refractivity contribution >= 4 is 28.9 Å². The van der Waals surface area contributed by atoms with Crippen molar-refractivity contribution < 1.29 is 19.3 Å². The van der Waals surface area contributed by atoms with E-state index in [1.54, 1.807) is 5.06 Å². The molecule has 2 fully saturated rings. The molecule has 0 radical (unpaired) electrons. The second-order valence-electron chi connectivity index (χ2n) is 7.80. The van der Waals surface area contributed by atoms with Crippen LogP contribution in [0, 0.1) is 23.0 Å². The third-order valence-corrected chi connectivity index (χ3v) is 5.95. The molecule has 160 valence electrons. The molecule has 5 rings (SSSR count). The van der Waals surface area contributed by atoms with Gasteiger partial charge in [-0.05, 0) is 42.3 Å². The number of carbonyl (C=O) groups is 2. The number of non-ortho nitro benzene ring substituents is 1. The first-order valence-corrected chi connectivity index (χ1v) is 10.2. The number of nitrogens with zero attached hydrogens (tertiary/aromatic N) is 3. The van der Waals surface area contributed by atoms with Crippen LogP contribution in [0.2, 0.25) is 0 Å². The van der Waals surface area contributed by atoms with E-state index in [1.807, 2.05) is 61.5 Å². The summed E-state index contributed by atoms with van der Waals surface area (Å²) in [5, 5.41) is 12.6. The summed E-state index contributed by atoms with van der Waals surface area (Å²) in [7, 11) is 0. The molecule has 0 bridgehead atoms. The molecule has 2 amide bonds. The Bertz CT molecular complexity index is 1210. The molecule has 2 aliphatic heterocycles. The van der Waals surface area contributed by atoms with Crippen LogP contribution in [0.5, 0.6) is 0 Å². The Morgan fingerprint density at radius 2 is 1.50 bits per heavy atom. The van der Waals surface area contributed by atoms with E-state index in [9.17, 15) is 19.7 Å². The number of para-hydroxylation sites is 1. The molecular weight excluding hydrogens is 410 g/mol. The number of aryl methyl sites for hydroxylation is 1. The monoisotopic (exact) mass is 429 g/mol. The van der Waals surface area contributed by atoms with Gasteiger partial charge in [-0.3, -0.25) is 24.5 Å². The molecule has 0 spiro atoms. The van der Waals surface area contributed by atoms with Crippen LogP contribution in [0.15, 0.2) is 78.9 Å². The maximum atomic E-state index is 13.6. The zero-order chi connectivity index (χ0) is 22.4. The van der Waals surface area contributed by atoms with Gasteiger partial charge in [-0.2, -0.15) is 0 Å². The predicted octanol–water partition coefficient (Wildman–Crippen LogP) is 3.95. The number of hydrogen-bond donors (Lipinski definition) is 0. The predicted molar refractivity (Wildman–Crippen MR) is 117 cm³/mol. The number of nitro benzene ring substituents is 1. The van der Waals surface area contributed by atoms with E-state index in [2.05, 4.69) is 0 Å². The van der Waals surface area contributed by atoms with Crippen molar-refractivity contribution in [3.63, 3.8) is 0 Å². The van der Waals surface area contributed by atoms with Crippen molar-refractivity contribution in [1.29, 1.82) is 0 Å². The minimum atomic E-state index is -0.984. The largest absolute Gasteiger partial charge is 0.273 e. The van der Waals surface area contributed by atoms with E-state index in [0.29, 0.717) is 5.69 Å². The average molecular weight is 429 g/mol. The molecule has 8 heteroatoms. The lowest BCUT2D eigenvalue weighted by molar-refractivity contribution is -0.384. The summed E-state index contributed by atoms with van der Waals surface area (Å²) < 4.78 is 0. The molecule has 3 aromatic rings. The first kappa shape index (κ1) is 19.9. The van der Waals surface area contributed by atoms with Gasteiger partial charge in [-0.1, -0.05) is 42.5 Å². The summed E-state index contributed by atoms with van der Waals surface area (Å²) in [5.74, 6) is -1.62. The van der Waals surface area contributed by atoms with Crippen molar-refractivity contribution in [2.75, 3.05) is 9.96 Å². The Balaban J connectivity index is 1.57. The zero-order valence-electron chi connectivity index (χ0n) is 17.1. The number of hydroxylamine groups is 1. The van der Waals surface area contributed by atoms with Gasteiger partial charge in [0.2, 0.25) is 5.91 Å². The van der Waals surface area contributed by atoms with Crippen LogP contribution in [0.3, 0.4) is 0 Å². The van der Waals surface area contributed by atoms with Gasteiger partial charge in [0, 0.05) is 12.1 Å². The van der Waals surface area contributed by atoms with Crippen LogP contribution in [-0.2, 0) is 14.4 Å². The molecule has 0 aliphatic carbocycles. The number of rotatable bonds is 4. The van der Waals surface area contributed by atoms with Gasteiger partial charge in [0.15, 0.2) is 6.10 Å². The summed E-state index contributed by atoms with van der Waals surface area (Å²) in [6.07, 6.45) is -0.984. The fraction of sp³-hybridized carbons (Fsp3) is 0.167. The fourth-order valence-electron chi connectivity index (χ4n) is 4.43. The van der Waals surface area contributed by atoms with E-state index < -0.39 is 28.9 Å². The van der Waals surface area contributed by atoms with Crippen LogP contribution in [0.4, 0.5) is 17.1 Å². The number of fused-ring (bicyclic) bond motifs is 1. The summed E-state index contributed by atoms with van der Waals surface area (Å²) in [6.45, 7) is 1.96. The van der Waals surface area contributed by atoms with E-state index in [-0.39, 0.29) is 11.6 Å². The molecule has 2 saturated heterocycles. The Kier molecular flexibility index (Phi) is 4.71. The van der Waals surface area contributed by atoms with Gasteiger partial charge < -0.3 is 0 Å². The van der Waals surface area contributed by atoms with E-state index in [1.165, 1.54) is 24.3 Å². The van der Waals surface area contributed by atoms with Gasteiger partial charge in [-0.15, -0.1) is 0 Å². The molecule has 0 saturated carbocycles. The second-order valence-corrected chi connectivity index (χ2v) is 7.80. The minimum Gasteiger partial charge on any atom is -0.273 e. The number of anilines is 2. The molecular formula is C24H19N3O5. The van der Waals surface area contributed by atoms with Gasteiger partial charge in [0.1, 0.15) is 5.92 Å². The molecule has 0 N–H and O–H groups in total. The Morgan fingerprint density at radius 1 is 0.844 bits per heavy atom. The molecule has 3 aromatic carbocycles. The van der Waals surface area contributed by atoms with Crippen molar-refractivity contribution in [3.8, 4) is 0 Å². The summed E-state index contributed by atoms with van der Waals surface area (Å²) in [5.41, 5.74) is 2.81. The number of benzene rings is 3. The highest BCUT2D eigenvalue weighted by Gasteiger charge is 2.60. The van der Waals surface area contributed by atoms with Crippen LogP contribution in [0.1, 0.15) is 17.2 Å². The lowest BCUT2D eigenvalue weighted by Gasteiger charge is -2.29. The Morgan fingerprint density at radius 3 is 2.16 bits per heavy atom. The standard InChI is InChI=1S/C24H19N3O5/c1-15-7-5-6-10-19(15)21-20-22(32-26(21)17-8-3-2-4-9-17)24(29)25(23(20)28)16-11-13-18(14-12-16)27(30)31/h2-14,20-22H,1H3/t20-,21-,22+/m1/s1. The molecule has 2 aliphatic rings. The van der Waals surface area contributed by atoms with Crippen LogP contribution in [-0.4, -0.2) is 22.8 Å². The number of carbonyl (C=O) groups excluding carboxylic acids is 2. The maximum absolute atomic E-state index is 13.6. The highest BCUT2D eigenvalue weighted by molar-refractivity contribution is 6.24. The van der Waals surface area contributed by atoms with E-state index >= 15 is 0 Å². The number of imide groups is 1. The van der Waals surface area contributed by atoms with Crippen molar-refractivity contribution in [3.05, 3.63) is 100 Å². The molecule has 0 aromatic heterocycles. The lowest BCUT2D eigenvalue weighted by atomic mass is 9.88. The third-order valence-electron chi connectivity index (χ3n) is 5.95. The third kappa shape index (κ3) is 3.04. The minimum absolute atomic E-state index is 0.114. The summed E-state index contributed by atoms with van der Waals surface area (Å²) in [4.78, 5) is 44.4. The van der Waals surface area contributed by atoms with Crippen LogP contribution >= 0.6 is 0 Å². The quantitative estimate of drug-likeness (QED) is 0.354. The summed E-state index contributed by atoms with van der Waals surface area (Å²) in [6, 6.07) is 22.0. The SMILES string of the molecule is Cc1ccccc1[C@@H]1[C@H]2C(=O)N(c3ccc([N+](=O)[O-])cc3)C(=O)[C@H]2ON1c1ccccc1. The highest BCUT2D eigenvalue weighted by Crippen LogP contribution is 2.48. The van der Waals surface area contributed by atoms with Crippen molar-refractivity contribution in [2.45, 2.75) is 19.1 Å². The number of hydrogen-bond acceptors (Lipinski definition) is 6. The first-order chi connectivity index (χ1) is 15.5. The normalized spacial score (nSPS) is 22.3. The van der Waals surface area contributed by atoms with Gasteiger partial charge in [-0.25, -0.2) is 9.96 Å². The van der Waals surface area contributed by atoms with Gasteiger partial charge in [0.25, 0.3) is 11.6 Å². The highest BCUT2D eigenvalue weighted by atomic mass is 16.7. The first-order valence-electron chi connectivity index (χ1n) is 10.2. The number of amides is 2. The van der Waals surface area contributed by atoms with E-state index in [0.717, 1.165) is 21.7 Å². The van der Waals surface area contributed by atoms with Crippen molar-refractivity contribution in [2.24, 2.45) is 5.92 Å². The molecule has 32 heavy (non-hydrogen) atoms. The molecule has 0 unspecified atom stereocenters. The molecule has 2 heterocycles. The maximum Gasteiger partial charge on any atom is 0.269 e. The second kappa shape index (κ2) is 7.58. The fourth-order valence-corrected chi connectivity index (χ4v) is 4.43. The van der Waals surface area contributed by atoms with Gasteiger partial charge in [0.05, 0.1) is 22.3 Å². The van der Waals surface area contributed by atoms with Gasteiger partial charge >= 0.3 is 0 Å². The number of nitro groups is 1. The van der Waals surface area contributed by atoms with Crippen molar-refractivity contribution in [1.82, 2.24) is 0 Å². The zero-order valence-corrected chi connectivity index (χ0v) is 17.1. The average Bonchev–Trinajstić information content (AvgIpc) is 3.31. The molecule has 3 atom stereocenters. The lowest BCUT2D eigenvalue weighted by Crippen LogP contribution is -2.37. The van der Waals surface area contributed by atoms with Crippen LogP contribution < -0.4 is 9.96 Å². The topological polar surface area (TPSA) is 93.0 Å². The van der Waals surface area contributed by atoms with E-state index in [4.69, 9.17) is 4.84 Å².